The maximum atomic E-state index is 13.3. The molecule has 1 N–H and O–H groups in total. The standard InChI is InChI=1S/C48H56N2O4/c1-34(51)53-42-25-24-39-31-43-48(52)27-26-41(46-47(48,44(39)45(42)54-46)28-30-50(43)32-36-22-23-36)49(29-14-3-2-7-15-35-16-8-4-9-17-35)33-40(37-18-10-5-11-19-37)38-20-12-6-13-21-38/h4-6,8-13,16-21,24-25,36,40-41,43,46,52H,2-3,7,14-15,22-23,26-33H2,1H3/t41?,43-,46?,47+,48-/m1/s1. The number of unbranched alkanes of at least 4 members (excludes halogenated alkanes) is 3. The first-order chi connectivity index (χ1) is 26.4. The number of aryl methyl sites for hydroxylation is 1. The Kier molecular flexibility index (Phi) is 9.88. The summed E-state index contributed by atoms with van der Waals surface area (Å²) in [6.45, 7) is 5.35. The number of ether oxygens (including phenoxy) is 2. The Hall–Kier alpha value is -3.97. The molecule has 3 aliphatic carbocycles. The number of carbonyl (C=O) groups excluding carboxylic acids is 1. The molecule has 2 saturated carbocycles. The smallest absolute Gasteiger partial charge is 0.308 e. The summed E-state index contributed by atoms with van der Waals surface area (Å²) in [6, 6.07) is 37.1. The summed E-state index contributed by atoms with van der Waals surface area (Å²) in [5, 5.41) is 13.3. The summed E-state index contributed by atoms with van der Waals surface area (Å²) in [4.78, 5) is 17.8. The molecule has 4 aromatic carbocycles. The lowest BCUT2D eigenvalue weighted by molar-refractivity contribution is -0.201. The Morgan fingerprint density at radius 1 is 0.870 bits per heavy atom. The van der Waals surface area contributed by atoms with Gasteiger partial charge in [0.25, 0.3) is 0 Å². The van der Waals surface area contributed by atoms with Gasteiger partial charge in [0.05, 0.1) is 11.0 Å². The molecule has 3 fully saturated rings. The average Bonchev–Trinajstić information content (AvgIpc) is 3.94. The Bertz CT molecular complexity index is 1880. The van der Waals surface area contributed by atoms with E-state index in [1.165, 1.54) is 61.3 Å². The third kappa shape index (κ3) is 6.48. The van der Waals surface area contributed by atoms with Crippen LogP contribution in [0.4, 0.5) is 0 Å². The van der Waals surface area contributed by atoms with Gasteiger partial charge < -0.3 is 14.6 Å². The van der Waals surface area contributed by atoms with Crippen LogP contribution in [0.5, 0.6) is 11.5 Å². The Morgan fingerprint density at radius 3 is 2.24 bits per heavy atom. The Morgan fingerprint density at radius 2 is 1.56 bits per heavy atom. The molecule has 54 heavy (non-hydrogen) atoms. The van der Waals surface area contributed by atoms with E-state index >= 15 is 0 Å². The molecule has 2 aliphatic heterocycles. The number of likely N-dealkylation sites (tertiary alicyclic amines) is 1. The van der Waals surface area contributed by atoms with Gasteiger partial charge in [-0.1, -0.05) is 110 Å². The van der Waals surface area contributed by atoms with Gasteiger partial charge in [0.2, 0.25) is 0 Å². The number of benzene rings is 4. The topological polar surface area (TPSA) is 62.2 Å². The van der Waals surface area contributed by atoms with Crippen molar-refractivity contribution in [3.8, 4) is 11.5 Å². The second-order valence-corrected chi connectivity index (χ2v) is 17.0. The van der Waals surface area contributed by atoms with E-state index in [0.717, 1.165) is 76.2 Å². The number of nitrogens with zero attached hydrogens (tertiary/aromatic N) is 2. The zero-order valence-electron chi connectivity index (χ0n) is 31.9. The number of carbonyl (C=O) groups is 1. The van der Waals surface area contributed by atoms with E-state index in [0.29, 0.717) is 11.5 Å². The predicted molar refractivity (Wildman–Crippen MR) is 213 cm³/mol. The summed E-state index contributed by atoms with van der Waals surface area (Å²) in [7, 11) is 0. The first-order valence-corrected chi connectivity index (χ1v) is 20.8. The lowest BCUT2D eigenvalue weighted by Crippen LogP contribution is -2.78. The van der Waals surface area contributed by atoms with Crippen LogP contribution in [-0.2, 0) is 23.1 Å². The van der Waals surface area contributed by atoms with Crippen molar-refractivity contribution in [3.05, 3.63) is 131 Å². The van der Waals surface area contributed by atoms with E-state index in [1.54, 1.807) is 0 Å². The summed E-state index contributed by atoms with van der Waals surface area (Å²) in [5.41, 5.74) is 4.99. The lowest BCUT2D eigenvalue weighted by atomic mass is 9.48. The summed E-state index contributed by atoms with van der Waals surface area (Å²) >= 11 is 0. The van der Waals surface area contributed by atoms with Crippen molar-refractivity contribution < 1.29 is 19.4 Å². The van der Waals surface area contributed by atoms with Crippen LogP contribution in [0.25, 0.3) is 0 Å². The molecule has 4 aromatic rings. The second kappa shape index (κ2) is 14.9. The lowest BCUT2D eigenvalue weighted by Gasteiger charge is -2.65. The van der Waals surface area contributed by atoms with Gasteiger partial charge in [-0.2, -0.15) is 0 Å². The van der Waals surface area contributed by atoms with Crippen LogP contribution in [0.2, 0.25) is 0 Å². The highest BCUT2D eigenvalue weighted by Crippen LogP contribution is 2.66. The molecule has 0 radical (unpaired) electrons. The second-order valence-electron chi connectivity index (χ2n) is 17.0. The van der Waals surface area contributed by atoms with E-state index in [2.05, 4.69) is 107 Å². The van der Waals surface area contributed by atoms with Gasteiger partial charge in [-0.05, 0) is 105 Å². The quantitative estimate of drug-likeness (QED) is 0.0755. The van der Waals surface area contributed by atoms with Crippen molar-refractivity contribution >= 4 is 5.97 Å². The van der Waals surface area contributed by atoms with Crippen molar-refractivity contribution in [1.29, 1.82) is 0 Å². The normalized spacial score (nSPS) is 26.8. The van der Waals surface area contributed by atoms with Gasteiger partial charge in [0.1, 0.15) is 6.10 Å². The third-order valence-electron chi connectivity index (χ3n) is 13.8. The van der Waals surface area contributed by atoms with Crippen LogP contribution in [0.15, 0.2) is 103 Å². The fraction of sp³-hybridized carbons (Fsp3) is 0.479. The van der Waals surface area contributed by atoms with Crippen molar-refractivity contribution in [2.45, 2.75) is 113 Å². The van der Waals surface area contributed by atoms with Gasteiger partial charge in [-0.25, -0.2) is 0 Å². The van der Waals surface area contributed by atoms with Crippen molar-refractivity contribution in [2.75, 3.05) is 26.2 Å². The molecule has 6 heteroatoms. The molecule has 1 saturated heterocycles. The molecule has 5 aliphatic rings. The van der Waals surface area contributed by atoms with Gasteiger partial charge in [-0.3, -0.25) is 14.6 Å². The van der Waals surface area contributed by atoms with Gasteiger partial charge >= 0.3 is 5.97 Å². The van der Waals surface area contributed by atoms with E-state index in [4.69, 9.17) is 9.47 Å². The van der Waals surface area contributed by atoms with Crippen LogP contribution in [0.1, 0.15) is 98.4 Å². The van der Waals surface area contributed by atoms with Crippen LogP contribution >= 0.6 is 0 Å². The summed E-state index contributed by atoms with van der Waals surface area (Å²) < 4.78 is 13.2. The largest absolute Gasteiger partial charge is 0.483 e. The zero-order valence-corrected chi connectivity index (χ0v) is 31.9. The molecule has 1 spiro atoms. The minimum Gasteiger partial charge on any atom is -0.483 e. The molecule has 9 rings (SSSR count). The highest BCUT2D eigenvalue weighted by Gasteiger charge is 2.73. The molecule has 2 heterocycles. The highest BCUT2D eigenvalue weighted by atomic mass is 16.6. The van der Waals surface area contributed by atoms with E-state index in [-0.39, 0.29) is 30.1 Å². The van der Waals surface area contributed by atoms with Crippen LogP contribution in [0, 0.1) is 5.92 Å². The zero-order chi connectivity index (χ0) is 36.7. The van der Waals surface area contributed by atoms with Gasteiger partial charge in [-0.15, -0.1) is 0 Å². The number of hydrogen-bond acceptors (Lipinski definition) is 6. The molecule has 0 amide bonds. The minimum atomic E-state index is -0.907. The third-order valence-corrected chi connectivity index (χ3v) is 13.8. The number of aliphatic hydroxyl groups is 1. The molecule has 5 atom stereocenters. The molecule has 2 unspecified atom stereocenters. The predicted octanol–water partition coefficient (Wildman–Crippen LogP) is 8.48. The summed E-state index contributed by atoms with van der Waals surface area (Å²) in [6.07, 6.45) is 11.5. The SMILES string of the molecule is CC(=O)Oc1ccc2c3c1OC1C(N(CCCCCCc4ccccc4)CC(c4ccccc4)c4ccccc4)CC[C@@]4(O)[C@@H](C2)N(CC2CC2)CC[C@]314. The summed E-state index contributed by atoms with van der Waals surface area (Å²) in [5.74, 6) is 1.81. The van der Waals surface area contributed by atoms with Crippen molar-refractivity contribution in [1.82, 2.24) is 9.80 Å². The molecule has 282 valence electrons. The van der Waals surface area contributed by atoms with Crippen LogP contribution < -0.4 is 9.47 Å². The van der Waals surface area contributed by atoms with Crippen LogP contribution in [-0.4, -0.2) is 70.8 Å². The minimum absolute atomic E-state index is 0.0661. The molecule has 0 aromatic heterocycles. The number of esters is 1. The van der Waals surface area contributed by atoms with E-state index in [1.807, 2.05) is 6.07 Å². The van der Waals surface area contributed by atoms with Crippen molar-refractivity contribution in [2.24, 2.45) is 5.92 Å². The maximum Gasteiger partial charge on any atom is 0.308 e. The first kappa shape index (κ1) is 35.7. The fourth-order valence-electron chi connectivity index (χ4n) is 11.1. The first-order valence-electron chi connectivity index (χ1n) is 20.8. The Balaban J connectivity index is 1.06. The van der Waals surface area contributed by atoms with Gasteiger partial charge in [0, 0.05) is 43.6 Å². The monoisotopic (exact) mass is 724 g/mol. The van der Waals surface area contributed by atoms with Crippen molar-refractivity contribution in [3.63, 3.8) is 0 Å². The van der Waals surface area contributed by atoms with Crippen LogP contribution in [0.3, 0.4) is 0 Å². The number of hydrogen-bond donors (Lipinski definition) is 1. The van der Waals surface area contributed by atoms with E-state index in [9.17, 15) is 9.90 Å². The highest BCUT2D eigenvalue weighted by molar-refractivity contribution is 5.72. The fourth-order valence-corrected chi connectivity index (χ4v) is 11.1. The maximum absolute atomic E-state index is 13.3. The Labute approximate surface area is 321 Å². The van der Waals surface area contributed by atoms with E-state index < -0.39 is 11.0 Å². The van der Waals surface area contributed by atoms with Gasteiger partial charge in [0.15, 0.2) is 11.5 Å². The molecular weight excluding hydrogens is 669 g/mol. The number of piperidine rings is 1. The molecule has 6 nitrogen and oxygen atoms in total. The molecular formula is C48H56N2O4. The number of rotatable bonds is 15. The molecule has 2 bridgehead atoms. The average molecular weight is 725 g/mol.